The molecule has 19 heavy (non-hydrogen) atoms. The van der Waals surface area contributed by atoms with Crippen LogP contribution in [-0.4, -0.2) is 82.3 Å². The zero-order valence-electron chi connectivity index (χ0n) is 14.0. The molecule has 0 aliphatic rings. The first-order valence-corrected chi connectivity index (χ1v) is 10.0. The summed E-state index contributed by atoms with van der Waals surface area (Å²) in [4.78, 5) is 7.99. The minimum absolute atomic E-state index is 0.125. The number of hydrogen-bond acceptors (Lipinski definition) is 3. The average molecular weight is 375 g/mol. The molecule has 0 saturated heterocycles. The van der Waals surface area contributed by atoms with Gasteiger partial charge in [0.05, 0.1) is 0 Å². The normalized spacial score (nSPS) is 12.9. The molecule has 0 bridgehead atoms. The fourth-order valence-electron chi connectivity index (χ4n) is 3.43. The van der Waals surface area contributed by atoms with Crippen molar-refractivity contribution in [3.63, 3.8) is 0 Å². The van der Waals surface area contributed by atoms with E-state index in [2.05, 4.69) is 56.2 Å². The Morgan fingerprint density at radius 2 is 0.895 bits per heavy atom. The molecule has 0 amide bonds. The maximum atomic E-state index is 2.66. The Labute approximate surface area is 134 Å². The third-order valence-electron chi connectivity index (χ3n) is 4.27. The SMILES string of the molecule is CCN(CC)C(C[CH2][Sn])(N(CC)CC)N(CC)CC. The Morgan fingerprint density at radius 1 is 0.632 bits per heavy atom. The molecule has 0 unspecified atom stereocenters. The molecule has 113 valence electrons. The van der Waals surface area contributed by atoms with Crippen LogP contribution in [0.25, 0.3) is 0 Å². The van der Waals surface area contributed by atoms with Crippen molar-refractivity contribution >= 4 is 22.5 Å². The first-order chi connectivity index (χ1) is 9.12. The van der Waals surface area contributed by atoms with Crippen LogP contribution in [0.3, 0.4) is 0 Å². The predicted octanol–water partition coefficient (Wildman–Crippen LogP) is 2.64. The molecule has 0 rings (SSSR count). The summed E-state index contributed by atoms with van der Waals surface area (Å²) in [6.45, 7) is 20.5. The van der Waals surface area contributed by atoms with E-state index < -0.39 is 0 Å². The Kier molecular flexibility index (Phi) is 10.8. The molecule has 3 nitrogen and oxygen atoms in total. The van der Waals surface area contributed by atoms with Crippen LogP contribution in [-0.2, 0) is 0 Å². The van der Waals surface area contributed by atoms with Crippen molar-refractivity contribution in [2.75, 3.05) is 39.3 Å². The predicted molar refractivity (Wildman–Crippen MR) is 86.7 cm³/mol. The van der Waals surface area contributed by atoms with Crippen LogP contribution in [0.4, 0.5) is 0 Å². The Balaban J connectivity index is 5.68. The van der Waals surface area contributed by atoms with Crippen molar-refractivity contribution in [3.8, 4) is 0 Å². The summed E-state index contributed by atoms with van der Waals surface area (Å²) in [5.41, 5.74) is 0. The van der Waals surface area contributed by atoms with Crippen molar-refractivity contribution in [2.45, 2.75) is 58.2 Å². The summed E-state index contributed by atoms with van der Waals surface area (Å²) >= 11 is 1.65. The zero-order chi connectivity index (χ0) is 14.9. The molecule has 0 aromatic heterocycles. The van der Waals surface area contributed by atoms with E-state index in [-0.39, 0.29) is 5.79 Å². The molecule has 0 aliphatic heterocycles. The van der Waals surface area contributed by atoms with Gasteiger partial charge >= 0.3 is 135 Å². The van der Waals surface area contributed by atoms with Gasteiger partial charge in [0, 0.05) is 0 Å². The van der Waals surface area contributed by atoms with E-state index in [0.717, 1.165) is 39.3 Å². The number of hydrogen-bond donors (Lipinski definition) is 0. The van der Waals surface area contributed by atoms with E-state index in [1.165, 1.54) is 10.9 Å². The van der Waals surface area contributed by atoms with E-state index in [4.69, 9.17) is 0 Å². The monoisotopic (exact) mass is 376 g/mol. The van der Waals surface area contributed by atoms with E-state index in [9.17, 15) is 0 Å². The van der Waals surface area contributed by atoms with Gasteiger partial charge in [-0.2, -0.15) is 0 Å². The van der Waals surface area contributed by atoms with Gasteiger partial charge in [0.15, 0.2) is 0 Å². The molecule has 0 atom stereocenters. The zero-order valence-corrected chi connectivity index (χ0v) is 16.9. The minimum atomic E-state index is 0.125. The molecule has 0 N–H and O–H groups in total. The summed E-state index contributed by atoms with van der Waals surface area (Å²) in [6, 6.07) is 0. The number of nitrogens with zero attached hydrogens (tertiary/aromatic N) is 3. The summed E-state index contributed by atoms with van der Waals surface area (Å²) in [7, 11) is 0. The van der Waals surface area contributed by atoms with Crippen LogP contribution < -0.4 is 0 Å². The van der Waals surface area contributed by atoms with Gasteiger partial charge in [-0.25, -0.2) is 0 Å². The number of rotatable bonds is 11. The molecule has 0 spiro atoms. The molecule has 0 aromatic carbocycles. The van der Waals surface area contributed by atoms with E-state index in [1.54, 1.807) is 22.5 Å². The summed E-state index contributed by atoms with van der Waals surface area (Å²) < 4.78 is 1.32. The first kappa shape index (κ1) is 19.7. The van der Waals surface area contributed by atoms with Gasteiger partial charge < -0.3 is 0 Å². The summed E-state index contributed by atoms with van der Waals surface area (Å²) in [5.74, 6) is 0.125. The molecule has 0 heterocycles. The van der Waals surface area contributed by atoms with E-state index in [1.807, 2.05) is 0 Å². The van der Waals surface area contributed by atoms with E-state index in [0.29, 0.717) is 0 Å². The van der Waals surface area contributed by atoms with Gasteiger partial charge in [0.1, 0.15) is 0 Å². The van der Waals surface area contributed by atoms with Crippen LogP contribution in [0.15, 0.2) is 0 Å². The van der Waals surface area contributed by atoms with Gasteiger partial charge in [0.25, 0.3) is 0 Å². The average Bonchev–Trinajstić information content (AvgIpc) is 2.42. The van der Waals surface area contributed by atoms with Crippen LogP contribution in [0.1, 0.15) is 48.0 Å². The van der Waals surface area contributed by atoms with Crippen LogP contribution in [0.2, 0.25) is 4.44 Å². The summed E-state index contributed by atoms with van der Waals surface area (Å²) in [5, 5.41) is 0. The van der Waals surface area contributed by atoms with Gasteiger partial charge in [-0.15, -0.1) is 0 Å². The molecular formula is C15H34N3Sn. The van der Waals surface area contributed by atoms with Gasteiger partial charge in [0.2, 0.25) is 0 Å². The van der Waals surface area contributed by atoms with Gasteiger partial charge in [-0.3, -0.25) is 0 Å². The van der Waals surface area contributed by atoms with Crippen molar-refractivity contribution < 1.29 is 0 Å². The molecule has 0 aromatic rings. The fraction of sp³-hybridized carbons (Fsp3) is 1.00. The standard InChI is InChI=1S/C15H34N3.Sn/c1-8-15(16(9-2)10-3,17(11-4)12-5)18(13-6)14-7;/h1,8-14H2,2-7H3;. The summed E-state index contributed by atoms with van der Waals surface area (Å²) in [6.07, 6.45) is 1.26. The fourth-order valence-corrected chi connectivity index (χ4v) is 4.39. The Hall–Kier alpha value is 0.679. The van der Waals surface area contributed by atoms with Crippen LogP contribution in [0, 0.1) is 0 Å². The van der Waals surface area contributed by atoms with Crippen molar-refractivity contribution in [2.24, 2.45) is 0 Å². The Morgan fingerprint density at radius 3 is 1.05 bits per heavy atom. The molecule has 3 radical (unpaired) electrons. The van der Waals surface area contributed by atoms with E-state index >= 15 is 0 Å². The quantitative estimate of drug-likeness (QED) is 0.406. The van der Waals surface area contributed by atoms with Crippen molar-refractivity contribution in [1.29, 1.82) is 0 Å². The topological polar surface area (TPSA) is 9.72 Å². The molecular weight excluding hydrogens is 341 g/mol. The molecule has 4 heteroatoms. The second-order valence-electron chi connectivity index (χ2n) is 4.79. The molecule has 0 fully saturated rings. The van der Waals surface area contributed by atoms with Crippen molar-refractivity contribution in [3.05, 3.63) is 0 Å². The van der Waals surface area contributed by atoms with Crippen molar-refractivity contribution in [1.82, 2.24) is 14.7 Å². The van der Waals surface area contributed by atoms with Crippen LogP contribution >= 0.6 is 0 Å². The third kappa shape index (κ3) is 4.32. The molecule has 0 saturated carbocycles. The van der Waals surface area contributed by atoms with Gasteiger partial charge in [-0.05, 0) is 0 Å². The Bertz CT molecular complexity index is 180. The second kappa shape index (κ2) is 10.4. The van der Waals surface area contributed by atoms with Gasteiger partial charge in [-0.1, -0.05) is 0 Å². The second-order valence-corrected chi connectivity index (χ2v) is 6.22. The molecule has 0 aliphatic carbocycles. The first-order valence-electron chi connectivity index (χ1n) is 8.02. The third-order valence-corrected chi connectivity index (χ3v) is 4.98. The maximum absolute atomic E-state index is 2.66. The van der Waals surface area contributed by atoms with Crippen LogP contribution in [0.5, 0.6) is 0 Å².